The van der Waals surface area contributed by atoms with Crippen LogP contribution in [0.25, 0.3) is 0 Å². The number of carbonyl (C=O) groups is 2. The van der Waals surface area contributed by atoms with E-state index in [2.05, 4.69) is 10.6 Å². The minimum absolute atomic E-state index is 0.206. The van der Waals surface area contributed by atoms with Crippen LogP contribution in [0.2, 0.25) is 0 Å². The largest absolute Gasteiger partial charge is 0.493 e. The molecule has 0 heterocycles. The van der Waals surface area contributed by atoms with Crippen molar-refractivity contribution in [3.8, 4) is 17.2 Å². The van der Waals surface area contributed by atoms with E-state index in [0.29, 0.717) is 34.2 Å². The maximum absolute atomic E-state index is 12.5. The van der Waals surface area contributed by atoms with Crippen LogP contribution < -0.4 is 24.8 Å². The second kappa shape index (κ2) is 8.05. The van der Waals surface area contributed by atoms with Gasteiger partial charge in [-0.1, -0.05) is 6.07 Å². The molecule has 0 saturated heterocycles. The molecular weight excluding hydrogens is 324 g/mol. The summed E-state index contributed by atoms with van der Waals surface area (Å²) in [4.78, 5) is 23.6. The molecule has 0 aliphatic heterocycles. The van der Waals surface area contributed by atoms with Gasteiger partial charge in [-0.05, 0) is 18.2 Å². The van der Waals surface area contributed by atoms with Crippen molar-refractivity contribution in [1.82, 2.24) is 0 Å². The molecule has 0 aromatic heterocycles. The fraction of sp³-hybridized carbons (Fsp3) is 0.222. The predicted octanol–water partition coefficient (Wildman–Crippen LogP) is 2.92. The standard InChI is InChI=1S/C18H20N2O5/c1-11(21)19-13-7-5-6-12(8-13)18(22)20-14-9-15(23-2)17(25-4)16(10-14)24-3/h5-10H,1-4H3,(H,19,21)(H,20,22). The first kappa shape index (κ1) is 18.1. The lowest BCUT2D eigenvalue weighted by atomic mass is 10.1. The van der Waals surface area contributed by atoms with E-state index < -0.39 is 0 Å². The Labute approximate surface area is 145 Å². The van der Waals surface area contributed by atoms with Crippen molar-refractivity contribution in [2.45, 2.75) is 6.92 Å². The van der Waals surface area contributed by atoms with Crippen LogP contribution in [0.15, 0.2) is 36.4 Å². The molecule has 2 aromatic rings. The summed E-state index contributed by atoms with van der Waals surface area (Å²) in [5.41, 5.74) is 1.44. The number of carbonyl (C=O) groups excluding carboxylic acids is 2. The van der Waals surface area contributed by atoms with E-state index >= 15 is 0 Å². The maximum Gasteiger partial charge on any atom is 0.255 e. The van der Waals surface area contributed by atoms with Crippen LogP contribution in [-0.2, 0) is 4.79 Å². The highest BCUT2D eigenvalue weighted by molar-refractivity contribution is 6.05. The molecule has 2 N–H and O–H groups in total. The minimum Gasteiger partial charge on any atom is -0.493 e. The zero-order valence-corrected chi connectivity index (χ0v) is 14.5. The highest BCUT2D eigenvalue weighted by atomic mass is 16.5. The molecule has 7 nitrogen and oxygen atoms in total. The smallest absolute Gasteiger partial charge is 0.255 e. The fourth-order valence-corrected chi connectivity index (χ4v) is 2.30. The monoisotopic (exact) mass is 344 g/mol. The number of benzene rings is 2. The van der Waals surface area contributed by atoms with Crippen molar-refractivity contribution in [2.24, 2.45) is 0 Å². The van der Waals surface area contributed by atoms with Gasteiger partial charge in [0, 0.05) is 36.0 Å². The van der Waals surface area contributed by atoms with E-state index in [1.165, 1.54) is 28.3 Å². The van der Waals surface area contributed by atoms with Crippen molar-refractivity contribution in [2.75, 3.05) is 32.0 Å². The Morgan fingerprint density at radius 2 is 1.48 bits per heavy atom. The van der Waals surface area contributed by atoms with E-state index in [1.54, 1.807) is 36.4 Å². The number of ether oxygens (including phenoxy) is 3. The minimum atomic E-state index is -0.332. The van der Waals surface area contributed by atoms with Gasteiger partial charge in [0.25, 0.3) is 5.91 Å². The van der Waals surface area contributed by atoms with Crippen LogP contribution >= 0.6 is 0 Å². The predicted molar refractivity (Wildman–Crippen MR) is 94.8 cm³/mol. The number of amides is 2. The summed E-state index contributed by atoms with van der Waals surface area (Å²) >= 11 is 0. The number of nitrogens with one attached hydrogen (secondary N) is 2. The number of hydrogen-bond acceptors (Lipinski definition) is 5. The summed E-state index contributed by atoms with van der Waals surface area (Å²) in [7, 11) is 4.51. The third-order valence-corrected chi connectivity index (χ3v) is 3.37. The molecule has 2 aromatic carbocycles. The van der Waals surface area contributed by atoms with Crippen LogP contribution in [-0.4, -0.2) is 33.1 Å². The fourth-order valence-electron chi connectivity index (χ4n) is 2.30. The van der Waals surface area contributed by atoms with Crippen LogP contribution in [0, 0.1) is 0 Å². The molecule has 0 spiro atoms. The Morgan fingerprint density at radius 3 is 2.00 bits per heavy atom. The average molecular weight is 344 g/mol. The highest BCUT2D eigenvalue weighted by Gasteiger charge is 2.15. The SMILES string of the molecule is COc1cc(NC(=O)c2cccc(NC(C)=O)c2)cc(OC)c1OC. The zero-order chi connectivity index (χ0) is 18.4. The normalized spacial score (nSPS) is 9.92. The second-order valence-corrected chi connectivity index (χ2v) is 5.13. The van der Waals surface area contributed by atoms with E-state index in [0.717, 1.165) is 0 Å². The number of anilines is 2. The van der Waals surface area contributed by atoms with Gasteiger partial charge in [0.15, 0.2) is 11.5 Å². The summed E-state index contributed by atoms with van der Waals surface area (Å²) in [6.45, 7) is 1.41. The van der Waals surface area contributed by atoms with Crippen LogP contribution in [0.3, 0.4) is 0 Å². The molecule has 0 saturated carbocycles. The van der Waals surface area contributed by atoms with Crippen molar-refractivity contribution in [3.05, 3.63) is 42.0 Å². The molecule has 2 amide bonds. The summed E-state index contributed by atoms with van der Waals surface area (Å²) in [6, 6.07) is 9.91. The van der Waals surface area contributed by atoms with Gasteiger partial charge in [0.2, 0.25) is 11.7 Å². The van der Waals surface area contributed by atoms with E-state index in [4.69, 9.17) is 14.2 Å². The third kappa shape index (κ3) is 4.41. The molecule has 0 aliphatic rings. The molecule has 25 heavy (non-hydrogen) atoms. The molecule has 0 atom stereocenters. The quantitative estimate of drug-likeness (QED) is 0.841. The van der Waals surface area contributed by atoms with Crippen LogP contribution in [0.4, 0.5) is 11.4 Å². The van der Waals surface area contributed by atoms with Crippen LogP contribution in [0.1, 0.15) is 17.3 Å². The number of methoxy groups -OCH3 is 3. The van der Waals surface area contributed by atoms with Crippen molar-refractivity contribution < 1.29 is 23.8 Å². The Balaban J connectivity index is 2.27. The molecule has 132 valence electrons. The molecule has 0 bridgehead atoms. The van der Waals surface area contributed by atoms with E-state index in [9.17, 15) is 9.59 Å². The Bertz CT molecular complexity index is 764. The lowest BCUT2D eigenvalue weighted by Gasteiger charge is -2.14. The van der Waals surface area contributed by atoms with Crippen molar-refractivity contribution in [3.63, 3.8) is 0 Å². The van der Waals surface area contributed by atoms with Gasteiger partial charge in [0.05, 0.1) is 21.3 Å². The third-order valence-electron chi connectivity index (χ3n) is 3.37. The molecule has 7 heteroatoms. The highest BCUT2D eigenvalue weighted by Crippen LogP contribution is 2.40. The number of hydrogen-bond donors (Lipinski definition) is 2. The first-order chi connectivity index (χ1) is 12.0. The van der Waals surface area contributed by atoms with Gasteiger partial charge in [-0.3, -0.25) is 9.59 Å². The summed E-state index contributed by atoms with van der Waals surface area (Å²) in [6.07, 6.45) is 0. The average Bonchev–Trinajstić information content (AvgIpc) is 2.60. The first-order valence-corrected chi connectivity index (χ1v) is 7.47. The van der Waals surface area contributed by atoms with Gasteiger partial charge in [-0.15, -0.1) is 0 Å². The van der Waals surface area contributed by atoms with Gasteiger partial charge >= 0.3 is 0 Å². The van der Waals surface area contributed by atoms with Crippen molar-refractivity contribution >= 4 is 23.2 Å². The summed E-state index contributed by atoms with van der Waals surface area (Å²) < 4.78 is 15.8. The lowest BCUT2D eigenvalue weighted by molar-refractivity contribution is -0.114. The second-order valence-electron chi connectivity index (χ2n) is 5.13. The Hall–Kier alpha value is -3.22. The first-order valence-electron chi connectivity index (χ1n) is 7.47. The van der Waals surface area contributed by atoms with Gasteiger partial charge in [-0.2, -0.15) is 0 Å². The van der Waals surface area contributed by atoms with Gasteiger partial charge in [0.1, 0.15) is 0 Å². The topological polar surface area (TPSA) is 85.9 Å². The number of rotatable bonds is 6. The molecule has 0 unspecified atom stereocenters. The zero-order valence-electron chi connectivity index (χ0n) is 14.5. The maximum atomic E-state index is 12.5. The van der Waals surface area contributed by atoms with Gasteiger partial charge in [-0.25, -0.2) is 0 Å². The summed E-state index contributed by atoms with van der Waals surface area (Å²) in [5.74, 6) is 0.771. The molecule has 2 rings (SSSR count). The molecular formula is C18H20N2O5. The lowest BCUT2D eigenvalue weighted by Crippen LogP contribution is -2.13. The van der Waals surface area contributed by atoms with Crippen molar-refractivity contribution in [1.29, 1.82) is 0 Å². The molecule has 0 aliphatic carbocycles. The van der Waals surface area contributed by atoms with E-state index in [1.807, 2.05) is 0 Å². The Morgan fingerprint density at radius 1 is 0.840 bits per heavy atom. The Kier molecular flexibility index (Phi) is 5.84. The van der Waals surface area contributed by atoms with Gasteiger partial charge < -0.3 is 24.8 Å². The van der Waals surface area contributed by atoms with E-state index in [-0.39, 0.29) is 11.8 Å². The molecule has 0 fully saturated rings. The van der Waals surface area contributed by atoms with Crippen LogP contribution in [0.5, 0.6) is 17.2 Å². The molecule has 0 radical (unpaired) electrons. The summed E-state index contributed by atoms with van der Waals surface area (Å²) in [5, 5.41) is 5.41.